The van der Waals surface area contributed by atoms with Crippen molar-refractivity contribution in [1.82, 2.24) is 15.2 Å². The van der Waals surface area contributed by atoms with Crippen LogP contribution in [-0.2, 0) is 16.0 Å². The number of carbonyl (C=O) groups is 1. The molecule has 28 heavy (non-hydrogen) atoms. The molecule has 1 saturated carbocycles. The third-order valence-electron chi connectivity index (χ3n) is 5.70. The number of rotatable bonds is 6. The quantitative estimate of drug-likeness (QED) is 0.838. The Bertz CT molecular complexity index is 820. The van der Waals surface area contributed by atoms with Crippen LogP contribution in [-0.4, -0.2) is 53.2 Å². The molecule has 0 radical (unpaired) electrons. The standard InChI is InChI=1S/C23H29N3O2/c1-17(2)26-12-13-28-23(16-26,22(27)25-21-6-7-21)15-18-4-3-5-20(14-18)19-8-10-24-11-9-19/h3-5,8-11,14,17,21H,6-7,12-13,15-16H2,1-2H3,(H,25,27). The van der Waals surface area contributed by atoms with E-state index in [1.54, 1.807) is 12.4 Å². The molecule has 1 unspecified atom stereocenters. The summed E-state index contributed by atoms with van der Waals surface area (Å²) in [6, 6.07) is 13.1. The summed E-state index contributed by atoms with van der Waals surface area (Å²) in [7, 11) is 0. The second kappa shape index (κ2) is 8.02. The highest BCUT2D eigenvalue weighted by molar-refractivity contribution is 5.86. The molecule has 1 aromatic heterocycles. The summed E-state index contributed by atoms with van der Waals surface area (Å²) in [4.78, 5) is 19.7. The van der Waals surface area contributed by atoms with Crippen molar-refractivity contribution in [2.75, 3.05) is 19.7 Å². The molecule has 1 N–H and O–H groups in total. The fraction of sp³-hybridized carbons (Fsp3) is 0.478. The van der Waals surface area contributed by atoms with Gasteiger partial charge in [-0.05, 0) is 55.5 Å². The maximum Gasteiger partial charge on any atom is 0.254 e. The minimum absolute atomic E-state index is 0.0367. The highest BCUT2D eigenvalue weighted by Gasteiger charge is 2.45. The largest absolute Gasteiger partial charge is 0.362 e. The number of amides is 1. The van der Waals surface area contributed by atoms with Crippen molar-refractivity contribution in [3.05, 3.63) is 54.4 Å². The second-order valence-electron chi connectivity index (χ2n) is 8.27. The Kier molecular flexibility index (Phi) is 5.47. The van der Waals surface area contributed by atoms with Crippen LogP contribution < -0.4 is 5.32 Å². The Balaban J connectivity index is 1.61. The summed E-state index contributed by atoms with van der Waals surface area (Å²) in [6.07, 6.45) is 6.34. The number of ether oxygens (including phenoxy) is 1. The van der Waals surface area contributed by atoms with E-state index in [-0.39, 0.29) is 5.91 Å². The highest BCUT2D eigenvalue weighted by atomic mass is 16.5. The molecule has 1 aliphatic carbocycles. The molecule has 1 atom stereocenters. The molecule has 1 saturated heterocycles. The number of hydrogen-bond donors (Lipinski definition) is 1. The number of pyridine rings is 1. The third kappa shape index (κ3) is 4.26. The van der Waals surface area contributed by atoms with Crippen LogP contribution in [0.5, 0.6) is 0 Å². The molecular weight excluding hydrogens is 350 g/mol. The minimum atomic E-state index is -0.831. The number of nitrogens with zero attached hydrogens (tertiary/aromatic N) is 2. The lowest BCUT2D eigenvalue weighted by Crippen LogP contribution is -2.62. The molecule has 0 bridgehead atoms. The first-order valence-corrected chi connectivity index (χ1v) is 10.2. The van der Waals surface area contributed by atoms with E-state index in [0.29, 0.717) is 31.7 Å². The van der Waals surface area contributed by atoms with Crippen LogP contribution in [0.2, 0.25) is 0 Å². The average molecular weight is 380 g/mol. The van der Waals surface area contributed by atoms with E-state index >= 15 is 0 Å². The van der Waals surface area contributed by atoms with Gasteiger partial charge in [0.1, 0.15) is 0 Å². The second-order valence-corrected chi connectivity index (χ2v) is 8.27. The van der Waals surface area contributed by atoms with Gasteiger partial charge in [-0.15, -0.1) is 0 Å². The van der Waals surface area contributed by atoms with E-state index < -0.39 is 5.60 Å². The first kappa shape index (κ1) is 19.1. The van der Waals surface area contributed by atoms with Crippen LogP contribution in [0.4, 0.5) is 0 Å². The van der Waals surface area contributed by atoms with Crippen molar-refractivity contribution in [2.45, 2.75) is 50.8 Å². The van der Waals surface area contributed by atoms with Crippen molar-refractivity contribution in [2.24, 2.45) is 0 Å². The molecule has 148 valence electrons. The molecule has 1 aliphatic heterocycles. The molecule has 5 nitrogen and oxygen atoms in total. The molecule has 5 heteroatoms. The van der Waals surface area contributed by atoms with Gasteiger partial charge in [-0.3, -0.25) is 14.7 Å². The zero-order chi connectivity index (χ0) is 19.6. The Morgan fingerprint density at radius 1 is 1.25 bits per heavy atom. The molecule has 0 spiro atoms. The lowest BCUT2D eigenvalue weighted by atomic mass is 9.89. The van der Waals surface area contributed by atoms with E-state index in [1.807, 2.05) is 12.1 Å². The normalized spacial score (nSPS) is 23.0. The van der Waals surface area contributed by atoms with E-state index in [9.17, 15) is 4.79 Å². The van der Waals surface area contributed by atoms with Crippen LogP contribution in [0, 0.1) is 0 Å². The Hall–Kier alpha value is -2.24. The summed E-state index contributed by atoms with van der Waals surface area (Å²) in [6.45, 7) is 6.44. The van der Waals surface area contributed by atoms with Gasteiger partial charge in [0, 0.05) is 44.0 Å². The number of carbonyl (C=O) groups excluding carboxylic acids is 1. The van der Waals surface area contributed by atoms with Crippen molar-refractivity contribution >= 4 is 5.91 Å². The van der Waals surface area contributed by atoms with Gasteiger partial charge in [0.25, 0.3) is 5.91 Å². The highest BCUT2D eigenvalue weighted by Crippen LogP contribution is 2.29. The van der Waals surface area contributed by atoms with Gasteiger partial charge in [0.05, 0.1) is 6.61 Å². The van der Waals surface area contributed by atoms with Crippen molar-refractivity contribution in [3.8, 4) is 11.1 Å². The first-order chi connectivity index (χ1) is 13.6. The van der Waals surface area contributed by atoms with Crippen LogP contribution in [0.1, 0.15) is 32.3 Å². The summed E-state index contributed by atoms with van der Waals surface area (Å²) < 4.78 is 6.22. The smallest absolute Gasteiger partial charge is 0.254 e. The summed E-state index contributed by atoms with van der Waals surface area (Å²) in [5.41, 5.74) is 2.55. The van der Waals surface area contributed by atoms with Gasteiger partial charge in [-0.2, -0.15) is 0 Å². The van der Waals surface area contributed by atoms with E-state index in [0.717, 1.165) is 36.1 Å². The van der Waals surface area contributed by atoms with Gasteiger partial charge in [0.15, 0.2) is 5.60 Å². The zero-order valence-corrected chi connectivity index (χ0v) is 16.7. The van der Waals surface area contributed by atoms with Crippen LogP contribution in [0.15, 0.2) is 48.8 Å². The molecule has 1 amide bonds. The molecule has 4 rings (SSSR count). The summed E-state index contributed by atoms with van der Waals surface area (Å²) >= 11 is 0. The average Bonchev–Trinajstić information content (AvgIpc) is 3.53. The van der Waals surface area contributed by atoms with Crippen LogP contribution >= 0.6 is 0 Å². The van der Waals surface area contributed by atoms with Gasteiger partial charge in [0.2, 0.25) is 0 Å². The molecule has 2 aliphatic rings. The molecule has 2 aromatic rings. The summed E-state index contributed by atoms with van der Waals surface area (Å²) in [5, 5.41) is 3.19. The molecular formula is C23H29N3O2. The fourth-order valence-corrected chi connectivity index (χ4v) is 3.86. The fourth-order valence-electron chi connectivity index (χ4n) is 3.86. The third-order valence-corrected chi connectivity index (χ3v) is 5.70. The van der Waals surface area contributed by atoms with E-state index in [4.69, 9.17) is 4.74 Å². The van der Waals surface area contributed by atoms with Crippen LogP contribution in [0.3, 0.4) is 0 Å². The lowest BCUT2D eigenvalue weighted by Gasteiger charge is -2.43. The minimum Gasteiger partial charge on any atom is -0.362 e. The van der Waals surface area contributed by atoms with Crippen molar-refractivity contribution in [3.63, 3.8) is 0 Å². The topological polar surface area (TPSA) is 54.5 Å². The van der Waals surface area contributed by atoms with Crippen molar-refractivity contribution in [1.29, 1.82) is 0 Å². The molecule has 2 heterocycles. The monoisotopic (exact) mass is 379 g/mol. The molecule has 2 fully saturated rings. The first-order valence-electron chi connectivity index (χ1n) is 10.2. The van der Waals surface area contributed by atoms with Gasteiger partial charge in [-0.25, -0.2) is 0 Å². The number of hydrogen-bond acceptors (Lipinski definition) is 4. The number of aromatic nitrogens is 1. The van der Waals surface area contributed by atoms with Gasteiger partial charge >= 0.3 is 0 Å². The van der Waals surface area contributed by atoms with Gasteiger partial charge < -0.3 is 10.1 Å². The van der Waals surface area contributed by atoms with Crippen molar-refractivity contribution < 1.29 is 9.53 Å². The Morgan fingerprint density at radius 3 is 2.75 bits per heavy atom. The maximum absolute atomic E-state index is 13.2. The lowest BCUT2D eigenvalue weighted by molar-refractivity contribution is -0.162. The predicted molar refractivity (Wildman–Crippen MR) is 110 cm³/mol. The summed E-state index contributed by atoms with van der Waals surface area (Å²) in [5.74, 6) is 0.0367. The van der Waals surface area contributed by atoms with E-state index in [1.165, 1.54) is 0 Å². The number of nitrogens with one attached hydrogen (secondary N) is 1. The zero-order valence-electron chi connectivity index (χ0n) is 16.7. The predicted octanol–water partition coefficient (Wildman–Crippen LogP) is 3.05. The van der Waals surface area contributed by atoms with E-state index in [2.05, 4.69) is 53.3 Å². The maximum atomic E-state index is 13.2. The number of morpholine rings is 1. The van der Waals surface area contributed by atoms with Gasteiger partial charge in [-0.1, -0.05) is 24.3 Å². The Labute approximate surface area is 167 Å². The number of benzene rings is 1. The Morgan fingerprint density at radius 2 is 2.04 bits per heavy atom. The van der Waals surface area contributed by atoms with Crippen LogP contribution in [0.25, 0.3) is 11.1 Å². The molecule has 1 aromatic carbocycles. The SMILES string of the molecule is CC(C)N1CCOC(Cc2cccc(-c3ccncc3)c2)(C(=O)NC2CC2)C1.